The Labute approximate surface area is 118 Å². The number of nitrogens with one attached hydrogen (secondary N) is 2. The topological polar surface area (TPSA) is 93.7 Å². The van der Waals surface area contributed by atoms with Crippen LogP contribution in [0.25, 0.3) is 0 Å². The van der Waals surface area contributed by atoms with E-state index in [0.717, 1.165) is 43.1 Å². The van der Waals surface area contributed by atoms with Crippen LogP contribution >= 0.6 is 0 Å². The van der Waals surface area contributed by atoms with Crippen LogP contribution in [-0.4, -0.2) is 26.1 Å². The first kappa shape index (κ1) is 14.3. The number of imidazole rings is 1. The smallest absolute Gasteiger partial charge is 0.148 e. The van der Waals surface area contributed by atoms with Crippen molar-refractivity contribution in [1.29, 1.82) is 0 Å². The molecule has 0 aliphatic heterocycles. The van der Waals surface area contributed by atoms with Crippen LogP contribution in [0, 0.1) is 6.92 Å². The summed E-state index contributed by atoms with van der Waals surface area (Å²) in [5, 5.41) is 3.33. The van der Waals surface area contributed by atoms with Gasteiger partial charge in [0.25, 0.3) is 0 Å². The van der Waals surface area contributed by atoms with Crippen LogP contribution in [0.5, 0.6) is 0 Å². The molecule has 7 nitrogen and oxygen atoms in total. The summed E-state index contributed by atoms with van der Waals surface area (Å²) < 4.78 is 2.01. The van der Waals surface area contributed by atoms with Crippen molar-refractivity contribution in [2.45, 2.75) is 33.2 Å². The van der Waals surface area contributed by atoms with Crippen LogP contribution in [0.2, 0.25) is 0 Å². The lowest BCUT2D eigenvalue weighted by molar-refractivity contribution is 0.723. The first-order valence-corrected chi connectivity index (χ1v) is 6.78. The summed E-state index contributed by atoms with van der Waals surface area (Å²) in [6.07, 6.45) is 7.34. The van der Waals surface area contributed by atoms with Gasteiger partial charge in [0.2, 0.25) is 0 Å². The molecule has 0 unspecified atom stereocenters. The Bertz CT molecular complexity index is 536. The van der Waals surface area contributed by atoms with E-state index in [9.17, 15) is 0 Å². The molecule has 2 aromatic heterocycles. The summed E-state index contributed by atoms with van der Waals surface area (Å²) in [6.45, 7) is 5.65. The molecule has 0 aliphatic rings. The average Bonchev–Trinajstić information content (AvgIpc) is 2.95. The molecule has 0 saturated heterocycles. The Hall–Kier alpha value is -2.15. The number of aryl methyl sites for hydroxylation is 1. The lowest BCUT2D eigenvalue weighted by Crippen LogP contribution is -2.16. The van der Waals surface area contributed by atoms with Crippen LogP contribution in [0.1, 0.15) is 24.7 Å². The van der Waals surface area contributed by atoms with Crippen LogP contribution in [0.15, 0.2) is 18.7 Å². The number of rotatable bonds is 7. The van der Waals surface area contributed by atoms with E-state index < -0.39 is 0 Å². The van der Waals surface area contributed by atoms with Crippen LogP contribution in [0.3, 0.4) is 0 Å². The Morgan fingerprint density at radius 1 is 1.30 bits per heavy atom. The first-order chi connectivity index (χ1) is 9.74. The third-order valence-electron chi connectivity index (χ3n) is 3.02. The van der Waals surface area contributed by atoms with Crippen molar-refractivity contribution < 1.29 is 0 Å². The van der Waals surface area contributed by atoms with E-state index in [1.165, 1.54) is 0 Å². The molecule has 0 bridgehead atoms. The van der Waals surface area contributed by atoms with E-state index >= 15 is 0 Å². The van der Waals surface area contributed by atoms with E-state index in [2.05, 4.69) is 32.6 Å². The number of nitrogen functional groups attached to an aromatic ring is 1. The second-order valence-electron chi connectivity index (χ2n) is 4.58. The lowest BCUT2D eigenvalue weighted by Gasteiger charge is -2.13. The number of anilines is 2. The molecule has 2 rings (SSSR count). The van der Waals surface area contributed by atoms with Gasteiger partial charge in [0, 0.05) is 37.5 Å². The van der Waals surface area contributed by atoms with Gasteiger partial charge in [-0.25, -0.2) is 20.8 Å². The van der Waals surface area contributed by atoms with E-state index in [4.69, 9.17) is 5.84 Å². The molecule has 2 aromatic rings. The standard InChI is InChI=1S/C13H21N7/c1-3-4-11-17-12(10(2)13(18-11)19-14)16-6-8-20-7-5-15-9-20/h5,7,9H,3-4,6,8,14H2,1-2H3,(H2,16,17,18,19). The fraction of sp³-hybridized carbons (Fsp3) is 0.462. The number of hydrogen-bond acceptors (Lipinski definition) is 6. The summed E-state index contributed by atoms with van der Waals surface area (Å²) in [6, 6.07) is 0. The predicted octanol–water partition coefficient (Wildman–Crippen LogP) is 1.33. The van der Waals surface area contributed by atoms with Crippen molar-refractivity contribution in [2.24, 2.45) is 5.84 Å². The summed E-state index contributed by atoms with van der Waals surface area (Å²) in [4.78, 5) is 13.0. The highest BCUT2D eigenvalue weighted by atomic mass is 15.3. The molecule has 0 fully saturated rings. The maximum Gasteiger partial charge on any atom is 0.148 e. The van der Waals surface area contributed by atoms with Crippen LogP contribution in [-0.2, 0) is 13.0 Å². The van der Waals surface area contributed by atoms with Gasteiger partial charge in [-0.15, -0.1) is 0 Å². The molecule has 0 spiro atoms. The maximum atomic E-state index is 5.51. The molecule has 0 saturated carbocycles. The van der Waals surface area contributed by atoms with E-state index in [1.807, 2.05) is 17.7 Å². The highest BCUT2D eigenvalue weighted by molar-refractivity contribution is 5.56. The fourth-order valence-corrected chi connectivity index (χ4v) is 1.93. The van der Waals surface area contributed by atoms with Gasteiger partial charge in [0.1, 0.15) is 17.5 Å². The number of hydrazine groups is 1. The molecule has 7 heteroatoms. The number of aromatic nitrogens is 4. The second kappa shape index (κ2) is 6.85. The first-order valence-electron chi connectivity index (χ1n) is 6.78. The highest BCUT2D eigenvalue weighted by Crippen LogP contribution is 2.19. The SMILES string of the molecule is CCCc1nc(NN)c(C)c(NCCn2ccnc2)n1. The van der Waals surface area contributed by atoms with Crippen molar-refractivity contribution >= 4 is 11.6 Å². The monoisotopic (exact) mass is 275 g/mol. The molecular formula is C13H21N7. The Morgan fingerprint density at radius 2 is 2.10 bits per heavy atom. The molecule has 0 aliphatic carbocycles. The summed E-state index contributed by atoms with van der Waals surface area (Å²) in [5.74, 6) is 7.82. The molecule has 0 aromatic carbocycles. The fourth-order valence-electron chi connectivity index (χ4n) is 1.93. The quantitative estimate of drug-likeness (QED) is 0.521. The predicted molar refractivity (Wildman–Crippen MR) is 79.3 cm³/mol. The van der Waals surface area contributed by atoms with Gasteiger partial charge in [-0.1, -0.05) is 6.92 Å². The van der Waals surface area contributed by atoms with Crippen LogP contribution < -0.4 is 16.6 Å². The minimum absolute atomic E-state index is 0.675. The molecule has 4 N–H and O–H groups in total. The Morgan fingerprint density at radius 3 is 2.75 bits per heavy atom. The Balaban J connectivity index is 2.06. The van der Waals surface area contributed by atoms with E-state index in [-0.39, 0.29) is 0 Å². The van der Waals surface area contributed by atoms with Gasteiger partial charge in [-0.3, -0.25) is 0 Å². The molecular weight excluding hydrogens is 254 g/mol. The zero-order valence-corrected chi connectivity index (χ0v) is 11.9. The zero-order chi connectivity index (χ0) is 14.4. The normalized spacial score (nSPS) is 10.6. The molecule has 0 radical (unpaired) electrons. The third kappa shape index (κ3) is 3.45. The lowest BCUT2D eigenvalue weighted by atomic mass is 10.2. The van der Waals surface area contributed by atoms with Gasteiger partial charge < -0.3 is 15.3 Å². The van der Waals surface area contributed by atoms with Gasteiger partial charge in [0.05, 0.1) is 6.33 Å². The van der Waals surface area contributed by atoms with Crippen molar-refractivity contribution in [1.82, 2.24) is 19.5 Å². The number of nitrogens with zero attached hydrogens (tertiary/aromatic N) is 4. The van der Waals surface area contributed by atoms with E-state index in [0.29, 0.717) is 5.82 Å². The Kier molecular flexibility index (Phi) is 4.89. The van der Waals surface area contributed by atoms with Crippen molar-refractivity contribution in [3.05, 3.63) is 30.1 Å². The van der Waals surface area contributed by atoms with E-state index in [1.54, 1.807) is 12.5 Å². The summed E-state index contributed by atoms with van der Waals surface area (Å²) in [5.41, 5.74) is 3.56. The van der Waals surface area contributed by atoms with Crippen molar-refractivity contribution in [2.75, 3.05) is 17.3 Å². The van der Waals surface area contributed by atoms with Crippen molar-refractivity contribution in [3.63, 3.8) is 0 Å². The highest BCUT2D eigenvalue weighted by Gasteiger charge is 2.09. The van der Waals surface area contributed by atoms with Crippen LogP contribution in [0.4, 0.5) is 11.6 Å². The van der Waals surface area contributed by atoms with Gasteiger partial charge in [-0.05, 0) is 13.3 Å². The minimum atomic E-state index is 0.675. The summed E-state index contributed by atoms with van der Waals surface area (Å²) >= 11 is 0. The largest absolute Gasteiger partial charge is 0.368 e. The molecule has 2 heterocycles. The number of nitrogens with two attached hydrogens (primary N) is 1. The molecule has 20 heavy (non-hydrogen) atoms. The second-order valence-corrected chi connectivity index (χ2v) is 4.58. The van der Waals surface area contributed by atoms with Crippen molar-refractivity contribution in [3.8, 4) is 0 Å². The molecule has 0 amide bonds. The van der Waals surface area contributed by atoms with Gasteiger partial charge in [0.15, 0.2) is 0 Å². The minimum Gasteiger partial charge on any atom is -0.368 e. The third-order valence-corrected chi connectivity index (χ3v) is 3.02. The molecule has 0 atom stereocenters. The number of hydrogen-bond donors (Lipinski definition) is 3. The van der Waals surface area contributed by atoms with Gasteiger partial charge >= 0.3 is 0 Å². The maximum absolute atomic E-state index is 5.51. The average molecular weight is 275 g/mol. The summed E-state index contributed by atoms with van der Waals surface area (Å²) in [7, 11) is 0. The molecule has 108 valence electrons. The van der Waals surface area contributed by atoms with Gasteiger partial charge in [-0.2, -0.15) is 0 Å². The zero-order valence-electron chi connectivity index (χ0n) is 11.9.